The number of hydrogen-bond donors (Lipinski definition) is 0. The van der Waals surface area contributed by atoms with Gasteiger partial charge in [-0.1, -0.05) is 25.5 Å². The number of methoxy groups -OCH3 is 1. The lowest BCUT2D eigenvalue weighted by Crippen LogP contribution is -2.53. The van der Waals surface area contributed by atoms with Gasteiger partial charge in [-0.3, -0.25) is 4.79 Å². The number of rotatable bonds is 4. The molecule has 3 nitrogen and oxygen atoms in total. The SMILES string of the molecule is C=C1CC[C@@H]2[C@](C)(CCC[C@]2(C)C(=O)OC)[C@H]1CCC=O. The first-order valence-electron chi connectivity index (χ1n) is 8.10. The van der Waals surface area contributed by atoms with Gasteiger partial charge in [-0.05, 0) is 56.3 Å². The molecule has 0 aromatic rings. The fraction of sp³-hybridized carbons (Fsp3) is 0.778. The number of carbonyl (C=O) groups excluding carboxylic acids is 2. The van der Waals surface area contributed by atoms with Gasteiger partial charge in [0.1, 0.15) is 6.29 Å². The highest BCUT2D eigenvalue weighted by molar-refractivity contribution is 5.77. The maximum Gasteiger partial charge on any atom is 0.311 e. The highest BCUT2D eigenvalue weighted by Crippen LogP contribution is 2.62. The summed E-state index contributed by atoms with van der Waals surface area (Å²) < 4.78 is 5.11. The molecule has 2 saturated carbocycles. The van der Waals surface area contributed by atoms with Crippen LogP contribution in [0.15, 0.2) is 12.2 Å². The molecular formula is C18H28O3. The van der Waals surface area contributed by atoms with Crippen molar-refractivity contribution in [3.63, 3.8) is 0 Å². The fourth-order valence-corrected chi connectivity index (χ4v) is 5.19. The quantitative estimate of drug-likeness (QED) is 0.448. The molecule has 0 bridgehead atoms. The minimum atomic E-state index is -0.387. The third kappa shape index (κ3) is 2.56. The number of ether oxygens (including phenoxy) is 1. The van der Waals surface area contributed by atoms with Crippen LogP contribution in [0, 0.1) is 22.7 Å². The van der Waals surface area contributed by atoms with Crippen molar-refractivity contribution in [1.82, 2.24) is 0 Å². The lowest BCUT2D eigenvalue weighted by Gasteiger charge is -2.57. The molecule has 0 spiro atoms. The summed E-state index contributed by atoms with van der Waals surface area (Å²) >= 11 is 0. The predicted octanol–water partition coefficient (Wildman–Crippen LogP) is 3.92. The van der Waals surface area contributed by atoms with Crippen LogP contribution < -0.4 is 0 Å². The molecule has 0 unspecified atom stereocenters. The van der Waals surface area contributed by atoms with E-state index in [1.165, 1.54) is 12.7 Å². The molecule has 0 aromatic heterocycles. The van der Waals surface area contributed by atoms with E-state index in [4.69, 9.17) is 4.74 Å². The molecule has 21 heavy (non-hydrogen) atoms. The number of fused-ring (bicyclic) bond motifs is 1. The molecule has 0 aromatic carbocycles. The van der Waals surface area contributed by atoms with Crippen LogP contribution in [0.1, 0.15) is 58.8 Å². The fourth-order valence-electron chi connectivity index (χ4n) is 5.19. The predicted molar refractivity (Wildman–Crippen MR) is 82.7 cm³/mol. The minimum absolute atomic E-state index is 0.0690. The summed E-state index contributed by atoms with van der Waals surface area (Å²) in [6.07, 6.45) is 7.51. The topological polar surface area (TPSA) is 43.4 Å². The summed E-state index contributed by atoms with van der Waals surface area (Å²) in [5, 5.41) is 0. The second kappa shape index (κ2) is 5.94. The van der Waals surface area contributed by atoms with E-state index in [1.54, 1.807) is 0 Å². The average Bonchev–Trinajstić information content (AvgIpc) is 2.45. The molecular weight excluding hydrogens is 264 g/mol. The Morgan fingerprint density at radius 1 is 1.43 bits per heavy atom. The summed E-state index contributed by atoms with van der Waals surface area (Å²) in [5.41, 5.74) is 0.950. The molecule has 2 rings (SSSR count). The first kappa shape index (κ1) is 16.3. The molecule has 2 aliphatic rings. The highest BCUT2D eigenvalue weighted by Gasteiger charge is 2.57. The Bertz CT molecular complexity index is 442. The van der Waals surface area contributed by atoms with E-state index in [2.05, 4.69) is 20.4 Å². The van der Waals surface area contributed by atoms with Crippen molar-refractivity contribution in [2.24, 2.45) is 22.7 Å². The lowest BCUT2D eigenvalue weighted by molar-refractivity contribution is -0.168. The zero-order valence-corrected chi connectivity index (χ0v) is 13.6. The van der Waals surface area contributed by atoms with Gasteiger partial charge < -0.3 is 9.53 Å². The van der Waals surface area contributed by atoms with Gasteiger partial charge in [-0.2, -0.15) is 0 Å². The molecule has 0 heterocycles. The molecule has 4 atom stereocenters. The molecule has 0 aliphatic heterocycles. The van der Waals surface area contributed by atoms with E-state index in [0.717, 1.165) is 44.8 Å². The molecule has 0 radical (unpaired) electrons. The number of carbonyl (C=O) groups is 2. The second-order valence-corrected chi connectivity index (χ2v) is 7.31. The van der Waals surface area contributed by atoms with Crippen LogP contribution >= 0.6 is 0 Å². The number of aldehydes is 1. The molecule has 118 valence electrons. The summed E-state index contributed by atoms with van der Waals surface area (Å²) in [6.45, 7) is 8.64. The van der Waals surface area contributed by atoms with Crippen molar-refractivity contribution in [2.75, 3.05) is 7.11 Å². The average molecular weight is 292 g/mol. The zero-order chi connectivity index (χ0) is 15.7. The maximum absolute atomic E-state index is 12.4. The van der Waals surface area contributed by atoms with E-state index < -0.39 is 0 Å². The summed E-state index contributed by atoms with van der Waals surface area (Å²) in [6, 6.07) is 0. The van der Waals surface area contributed by atoms with Crippen LogP contribution in [0.3, 0.4) is 0 Å². The molecule has 3 heteroatoms. The largest absolute Gasteiger partial charge is 0.469 e. The third-order valence-electron chi connectivity index (χ3n) is 6.24. The van der Waals surface area contributed by atoms with Gasteiger partial charge in [0.25, 0.3) is 0 Å². The number of hydrogen-bond acceptors (Lipinski definition) is 3. The van der Waals surface area contributed by atoms with Gasteiger partial charge in [-0.25, -0.2) is 0 Å². The minimum Gasteiger partial charge on any atom is -0.469 e. The molecule has 0 amide bonds. The number of allylic oxidation sites excluding steroid dienone is 1. The van der Waals surface area contributed by atoms with Crippen molar-refractivity contribution in [3.8, 4) is 0 Å². The van der Waals surface area contributed by atoms with Gasteiger partial charge in [0.15, 0.2) is 0 Å². The van der Waals surface area contributed by atoms with Crippen LogP contribution in [-0.4, -0.2) is 19.4 Å². The van der Waals surface area contributed by atoms with Gasteiger partial charge in [0, 0.05) is 6.42 Å². The van der Waals surface area contributed by atoms with Crippen LogP contribution in [0.25, 0.3) is 0 Å². The van der Waals surface area contributed by atoms with Crippen molar-refractivity contribution < 1.29 is 14.3 Å². The Balaban J connectivity index is 2.35. The van der Waals surface area contributed by atoms with Crippen molar-refractivity contribution in [2.45, 2.75) is 58.8 Å². The smallest absolute Gasteiger partial charge is 0.311 e. The van der Waals surface area contributed by atoms with Gasteiger partial charge in [-0.15, -0.1) is 0 Å². The molecule has 0 N–H and O–H groups in total. The van der Waals surface area contributed by atoms with E-state index >= 15 is 0 Å². The van der Waals surface area contributed by atoms with E-state index in [0.29, 0.717) is 18.3 Å². The number of esters is 1. The van der Waals surface area contributed by atoms with Crippen molar-refractivity contribution in [1.29, 1.82) is 0 Å². The normalized spacial score (nSPS) is 39.5. The highest BCUT2D eigenvalue weighted by atomic mass is 16.5. The van der Waals surface area contributed by atoms with Gasteiger partial charge >= 0.3 is 5.97 Å². The Hall–Kier alpha value is -1.12. The standard InChI is InChI=1S/C18H28O3/c1-13-8-9-15-17(2,14(13)7-5-12-19)10-6-11-18(15,3)16(20)21-4/h12,14-15H,1,5-11H2,2-4H3/t14-,15+,17+,18-/m0/s1. The first-order valence-corrected chi connectivity index (χ1v) is 8.10. The van der Waals surface area contributed by atoms with Crippen molar-refractivity contribution in [3.05, 3.63) is 12.2 Å². The third-order valence-corrected chi connectivity index (χ3v) is 6.24. The molecule has 2 fully saturated rings. The Morgan fingerprint density at radius 2 is 2.14 bits per heavy atom. The zero-order valence-electron chi connectivity index (χ0n) is 13.6. The lowest BCUT2D eigenvalue weighted by atomic mass is 9.46. The van der Waals surface area contributed by atoms with E-state index in [-0.39, 0.29) is 16.8 Å². The first-order chi connectivity index (χ1) is 9.90. The summed E-state index contributed by atoms with van der Waals surface area (Å²) in [4.78, 5) is 23.2. The van der Waals surface area contributed by atoms with Gasteiger partial charge in [0.05, 0.1) is 12.5 Å². The summed E-state index contributed by atoms with van der Waals surface area (Å²) in [5.74, 6) is 0.610. The second-order valence-electron chi connectivity index (χ2n) is 7.31. The maximum atomic E-state index is 12.4. The van der Waals surface area contributed by atoms with Crippen LogP contribution in [0.4, 0.5) is 0 Å². The van der Waals surface area contributed by atoms with E-state index in [1.807, 2.05) is 0 Å². The Morgan fingerprint density at radius 3 is 2.76 bits per heavy atom. The Kier molecular flexibility index (Phi) is 4.60. The van der Waals surface area contributed by atoms with Crippen LogP contribution in [0.2, 0.25) is 0 Å². The van der Waals surface area contributed by atoms with Crippen molar-refractivity contribution >= 4 is 12.3 Å². The monoisotopic (exact) mass is 292 g/mol. The van der Waals surface area contributed by atoms with Crippen LogP contribution in [-0.2, 0) is 14.3 Å². The summed E-state index contributed by atoms with van der Waals surface area (Å²) in [7, 11) is 1.49. The van der Waals surface area contributed by atoms with Crippen LogP contribution in [0.5, 0.6) is 0 Å². The Labute approximate surface area is 128 Å². The van der Waals surface area contributed by atoms with E-state index in [9.17, 15) is 9.59 Å². The molecule has 2 aliphatic carbocycles. The molecule has 0 saturated heterocycles. The van der Waals surface area contributed by atoms with Gasteiger partial charge in [0.2, 0.25) is 0 Å².